The van der Waals surface area contributed by atoms with Crippen molar-refractivity contribution in [3.8, 4) is 0 Å². The van der Waals surface area contributed by atoms with Gasteiger partial charge in [0.05, 0.1) is 27.7 Å². The molecule has 478 valence electrons. The van der Waals surface area contributed by atoms with Gasteiger partial charge in [0.15, 0.2) is 6.10 Å². The van der Waals surface area contributed by atoms with E-state index in [0.717, 1.165) is 64.2 Å². The number of ether oxygens (including phenoxy) is 2. The van der Waals surface area contributed by atoms with Gasteiger partial charge in [0, 0.05) is 12.8 Å². The monoisotopic (exact) mass is 1170 g/mol. The maximum Gasteiger partial charge on any atom is 0.472 e. The molecule has 0 heterocycles. The Morgan fingerprint density at radius 1 is 0.390 bits per heavy atom. The highest BCUT2D eigenvalue weighted by Gasteiger charge is 2.27. The number of likely N-dealkylation sites (N-methyl/N-ethyl adjacent to an activating group) is 1. The molecule has 10 heteroatoms. The Morgan fingerprint density at radius 2 is 0.695 bits per heavy atom. The van der Waals surface area contributed by atoms with Crippen molar-refractivity contribution in [1.29, 1.82) is 0 Å². The van der Waals surface area contributed by atoms with E-state index in [9.17, 15) is 19.0 Å². The standard InChI is InChI=1S/C72H132NO8P/c1-6-8-10-12-14-16-18-20-22-24-25-26-27-28-29-30-31-32-33-34-35-36-37-38-39-40-41-42-43-44-45-46-47-49-51-53-55-57-59-61-63-65-72(75)81-70(69-80-82(76,77)79-67-66-73(3,4)5)68-78-71(74)64-62-60-58-56-54-52-50-48-23-21-19-17-15-13-11-9-7-2/h8,10,14,16,20-23,25-26,28-29,70H,6-7,9,11-13,15,17-19,24,27,30-69H2,1-5H3/p+1/b10-8-,16-14-,22-20-,23-21-,26-25-,29-28-. The number of phosphoric ester groups is 1. The van der Waals surface area contributed by atoms with E-state index in [1.165, 1.54) is 225 Å². The molecule has 0 aromatic carbocycles. The first-order valence-electron chi connectivity index (χ1n) is 34.7. The predicted octanol–water partition coefficient (Wildman–Crippen LogP) is 22.4. The van der Waals surface area contributed by atoms with Crippen LogP contribution < -0.4 is 0 Å². The molecule has 0 saturated heterocycles. The van der Waals surface area contributed by atoms with Gasteiger partial charge in [-0.25, -0.2) is 4.57 Å². The molecule has 0 spiro atoms. The minimum absolute atomic E-state index is 0.0321. The average Bonchev–Trinajstić information content (AvgIpc) is 3.45. The lowest BCUT2D eigenvalue weighted by molar-refractivity contribution is -0.870. The summed E-state index contributed by atoms with van der Waals surface area (Å²) in [6, 6.07) is 0. The van der Waals surface area contributed by atoms with Crippen molar-refractivity contribution in [3.63, 3.8) is 0 Å². The van der Waals surface area contributed by atoms with Crippen LogP contribution in [0.15, 0.2) is 72.9 Å². The fraction of sp³-hybridized carbons (Fsp3) is 0.806. The van der Waals surface area contributed by atoms with E-state index in [1.807, 2.05) is 21.1 Å². The molecule has 0 amide bonds. The van der Waals surface area contributed by atoms with Crippen molar-refractivity contribution in [3.05, 3.63) is 72.9 Å². The van der Waals surface area contributed by atoms with E-state index < -0.39 is 26.5 Å². The molecule has 2 atom stereocenters. The second-order valence-corrected chi connectivity index (χ2v) is 26.0. The first kappa shape index (κ1) is 79.5. The van der Waals surface area contributed by atoms with Gasteiger partial charge in [-0.2, -0.15) is 0 Å². The number of nitrogens with zero attached hydrogens (tertiary/aromatic N) is 1. The number of carbonyl (C=O) groups excluding carboxylic acids is 2. The summed E-state index contributed by atoms with van der Waals surface area (Å²) in [5.41, 5.74) is 0. The zero-order valence-corrected chi connectivity index (χ0v) is 55.4. The highest BCUT2D eigenvalue weighted by atomic mass is 31.2. The van der Waals surface area contributed by atoms with Gasteiger partial charge >= 0.3 is 19.8 Å². The number of hydrogen-bond acceptors (Lipinski definition) is 7. The number of esters is 2. The molecule has 0 bridgehead atoms. The zero-order chi connectivity index (χ0) is 59.8. The van der Waals surface area contributed by atoms with Crippen molar-refractivity contribution >= 4 is 19.8 Å². The molecule has 1 N–H and O–H groups in total. The third-order valence-corrected chi connectivity index (χ3v) is 16.2. The lowest BCUT2D eigenvalue weighted by Crippen LogP contribution is -2.37. The highest BCUT2D eigenvalue weighted by molar-refractivity contribution is 7.47. The van der Waals surface area contributed by atoms with Crippen LogP contribution in [0.5, 0.6) is 0 Å². The van der Waals surface area contributed by atoms with Crippen molar-refractivity contribution < 1.29 is 42.1 Å². The quantitative estimate of drug-likeness (QED) is 0.0211. The third-order valence-electron chi connectivity index (χ3n) is 15.2. The predicted molar refractivity (Wildman–Crippen MR) is 353 cm³/mol. The van der Waals surface area contributed by atoms with Crippen LogP contribution in [0.25, 0.3) is 0 Å². The van der Waals surface area contributed by atoms with Gasteiger partial charge in [-0.3, -0.25) is 18.6 Å². The molecular weight excluding hydrogens is 1040 g/mol. The van der Waals surface area contributed by atoms with Crippen molar-refractivity contribution in [2.45, 2.75) is 328 Å². The molecule has 0 aliphatic carbocycles. The summed E-state index contributed by atoms with van der Waals surface area (Å²) in [6.45, 7) is 4.35. The van der Waals surface area contributed by atoms with Crippen LogP contribution in [0, 0.1) is 0 Å². The van der Waals surface area contributed by atoms with Crippen molar-refractivity contribution in [2.75, 3.05) is 47.5 Å². The summed E-state index contributed by atoms with van der Waals surface area (Å²) < 4.78 is 34.7. The topological polar surface area (TPSA) is 108 Å². The first-order chi connectivity index (χ1) is 40.0. The van der Waals surface area contributed by atoms with Gasteiger partial charge in [-0.1, -0.05) is 299 Å². The van der Waals surface area contributed by atoms with Crippen LogP contribution in [-0.2, 0) is 32.7 Å². The minimum Gasteiger partial charge on any atom is -0.462 e. The Kier molecular flexibility index (Phi) is 61.0. The summed E-state index contributed by atoms with van der Waals surface area (Å²) >= 11 is 0. The summed E-state index contributed by atoms with van der Waals surface area (Å²) in [7, 11) is 1.49. The van der Waals surface area contributed by atoms with Gasteiger partial charge < -0.3 is 18.9 Å². The fourth-order valence-electron chi connectivity index (χ4n) is 9.92. The first-order valence-corrected chi connectivity index (χ1v) is 36.2. The number of rotatable bonds is 64. The average molecular weight is 1170 g/mol. The second kappa shape index (κ2) is 63.0. The zero-order valence-electron chi connectivity index (χ0n) is 54.5. The maximum atomic E-state index is 12.9. The number of unbranched alkanes of at least 4 members (excludes halogenated alkanes) is 38. The number of carbonyl (C=O) groups is 2. The highest BCUT2D eigenvalue weighted by Crippen LogP contribution is 2.43. The van der Waals surface area contributed by atoms with E-state index in [2.05, 4.69) is 86.8 Å². The lowest BCUT2D eigenvalue weighted by Gasteiger charge is -2.24. The molecule has 2 unspecified atom stereocenters. The molecule has 0 aliphatic heterocycles. The van der Waals surface area contributed by atoms with E-state index in [4.69, 9.17) is 18.5 Å². The van der Waals surface area contributed by atoms with E-state index >= 15 is 0 Å². The lowest BCUT2D eigenvalue weighted by atomic mass is 10.0. The van der Waals surface area contributed by atoms with Gasteiger partial charge in [0.2, 0.25) is 0 Å². The summed E-state index contributed by atoms with van der Waals surface area (Å²) in [4.78, 5) is 35.8. The van der Waals surface area contributed by atoms with Crippen LogP contribution in [0.1, 0.15) is 322 Å². The Balaban J connectivity index is 3.90. The number of allylic oxidation sites excluding steroid dienone is 12. The molecular formula is C72H133NO8P+. The number of hydrogen-bond donors (Lipinski definition) is 1. The van der Waals surface area contributed by atoms with Crippen molar-refractivity contribution in [1.82, 2.24) is 0 Å². The normalized spacial score (nSPS) is 13.6. The van der Waals surface area contributed by atoms with Crippen LogP contribution >= 0.6 is 7.82 Å². The number of phosphoric acid groups is 1. The van der Waals surface area contributed by atoms with Gasteiger partial charge in [0.25, 0.3) is 0 Å². The molecule has 0 fully saturated rings. The van der Waals surface area contributed by atoms with E-state index in [-0.39, 0.29) is 32.0 Å². The van der Waals surface area contributed by atoms with Gasteiger partial charge in [-0.15, -0.1) is 0 Å². The smallest absolute Gasteiger partial charge is 0.462 e. The molecule has 0 aliphatic rings. The molecule has 0 aromatic heterocycles. The fourth-order valence-corrected chi connectivity index (χ4v) is 10.7. The molecule has 82 heavy (non-hydrogen) atoms. The van der Waals surface area contributed by atoms with Gasteiger partial charge in [0.1, 0.15) is 19.8 Å². The van der Waals surface area contributed by atoms with Gasteiger partial charge in [-0.05, 0) is 83.5 Å². The molecule has 0 saturated carbocycles. The number of quaternary nitrogens is 1. The van der Waals surface area contributed by atoms with Crippen LogP contribution in [-0.4, -0.2) is 74.9 Å². The molecule has 9 nitrogen and oxygen atoms in total. The summed E-state index contributed by atoms with van der Waals surface area (Å²) in [6.07, 6.45) is 84.5. The van der Waals surface area contributed by atoms with Crippen LogP contribution in [0.2, 0.25) is 0 Å². The Hall–Kier alpha value is -2.55. The van der Waals surface area contributed by atoms with Crippen LogP contribution in [0.3, 0.4) is 0 Å². The van der Waals surface area contributed by atoms with Crippen molar-refractivity contribution in [2.24, 2.45) is 0 Å². The maximum absolute atomic E-state index is 12.9. The Bertz CT molecular complexity index is 1610. The largest absolute Gasteiger partial charge is 0.472 e. The van der Waals surface area contributed by atoms with E-state index in [0.29, 0.717) is 17.4 Å². The Morgan fingerprint density at radius 3 is 1.05 bits per heavy atom. The minimum atomic E-state index is -4.39. The summed E-state index contributed by atoms with van der Waals surface area (Å²) in [5.74, 6) is -0.788. The van der Waals surface area contributed by atoms with Crippen LogP contribution in [0.4, 0.5) is 0 Å². The molecule has 0 rings (SSSR count). The summed E-state index contributed by atoms with van der Waals surface area (Å²) in [5, 5.41) is 0. The Labute approximate surface area is 508 Å². The SMILES string of the molecule is CC/C=C\C/C=C\C/C=C\C/C=C\C/C=C\CCCCCCCCCCCCCCCCCCCCCCCCCCCC(=O)OC(COC(=O)CCCCCCCCC/C=C\CCCCCCCC)COP(=O)(O)OCC[N+](C)(C)C. The molecule has 0 radical (unpaired) electrons. The third kappa shape index (κ3) is 66.6. The molecule has 0 aromatic rings. The second-order valence-electron chi connectivity index (χ2n) is 24.5. The van der Waals surface area contributed by atoms with E-state index in [1.54, 1.807) is 0 Å².